The molecule has 1 fully saturated rings. The zero-order valence-corrected chi connectivity index (χ0v) is 11.6. The lowest BCUT2D eigenvalue weighted by atomic mass is 9.83. The summed E-state index contributed by atoms with van der Waals surface area (Å²) in [6.45, 7) is 14.4. The van der Waals surface area contributed by atoms with Crippen LogP contribution in [0.1, 0.15) is 67.2 Å². The van der Waals surface area contributed by atoms with Crippen LogP contribution >= 0.6 is 0 Å². The standard InChI is InChI=1S/C15H30/c1-11(2)9-13(4)12(3)7-8-15(6)10-14(15)5/h11-14H,7-10H2,1-6H3. The first-order chi connectivity index (χ1) is 6.85. The number of rotatable bonds is 6. The van der Waals surface area contributed by atoms with Crippen LogP contribution in [-0.4, -0.2) is 0 Å². The summed E-state index contributed by atoms with van der Waals surface area (Å²) >= 11 is 0. The van der Waals surface area contributed by atoms with Crippen LogP contribution in [0.3, 0.4) is 0 Å². The van der Waals surface area contributed by atoms with Gasteiger partial charge >= 0.3 is 0 Å². The molecule has 0 nitrogen and oxygen atoms in total. The molecule has 0 saturated heterocycles. The summed E-state index contributed by atoms with van der Waals surface area (Å²) < 4.78 is 0. The number of hydrogen-bond donors (Lipinski definition) is 0. The molecule has 0 aromatic carbocycles. The highest BCUT2D eigenvalue weighted by atomic mass is 14.5. The highest BCUT2D eigenvalue weighted by molar-refractivity contribution is 4.95. The van der Waals surface area contributed by atoms with E-state index in [2.05, 4.69) is 41.5 Å². The van der Waals surface area contributed by atoms with Gasteiger partial charge in [-0.15, -0.1) is 0 Å². The van der Waals surface area contributed by atoms with Gasteiger partial charge in [-0.25, -0.2) is 0 Å². The second-order valence-corrected chi connectivity index (χ2v) is 6.88. The van der Waals surface area contributed by atoms with Crippen molar-refractivity contribution >= 4 is 0 Å². The Kier molecular flexibility index (Phi) is 4.26. The molecule has 1 aliphatic rings. The van der Waals surface area contributed by atoms with Crippen LogP contribution in [-0.2, 0) is 0 Å². The predicted molar refractivity (Wildman–Crippen MR) is 68.9 cm³/mol. The molecule has 90 valence electrons. The van der Waals surface area contributed by atoms with E-state index in [1.807, 2.05) is 0 Å². The van der Waals surface area contributed by atoms with E-state index in [0.29, 0.717) is 5.41 Å². The SMILES string of the molecule is CC(C)CC(C)C(C)CCC1(C)CC1C. The van der Waals surface area contributed by atoms with Gasteiger partial charge in [0.2, 0.25) is 0 Å². The molecule has 0 spiro atoms. The molecule has 1 rings (SSSR count). The van der Waals surface area contributed by atoms with Crippen molar-refractivity contribution in [1.29, 1.82) is 0 Å². The highest BCUT2D eigenvalue weighted by Crippen LogP contribution is 2.55. The van der Waals surface area contributed by atoms with E-state index in [-0.39, 0.29) is 0 Å². The minimum Gasteiger partial charge on any atom is -0.0628 e. The summed E-state index contributed by atoms with van der Waals surface area (Å²) in [5, 5.41) is 0. The number of hydrogen-bond acceptors (Lipinski definition) is 0. The molecule has 0 radical (unpaired) electrons. The Morgan fingerprint density at radius 1 is 1.13 bits per heavy atom. The average molecular weight is 210 g/mol. The van der Waals surface area contributed by atoms with Crippen LogP contribution in [0.25, 0.3) is 0 Å². The molecule has 0 bridgehead atoms. The monoisotopic (exact) mass is 210 g/mol. The Hall–Kier alpha value is 0. The molecule has 0 aromatic rings. The second kappa shape index (κ2) is 4.89. The van der Waals surface area contributed by atoms with Crippen LogP contribution in [0.15, 0.2) is 0 Å². The molecule has 0 heteroatoms. The highest BCUT2D eigenvalue weighted by Gasteiger charge is 2.45. The van der Waals surface area contributed by atoms with Gasteiger partial charge in [0.25, 0.3) is 0 Å². The summed E-state index contributed by atoms with van der Waals surface area (Å²) in [4.78, 5) is 0. The Bertz CT molecular complexity index is 194. The summed E-state index contributed by atoms with van der Waals surface area (Å²) in [5.41, 5.74) is 0.714. The third kappa shape index (κ3) is 3.81. The quantitative estimate of drug-likeness (QED) is 0.570. The molecular formula is C15H30. The maximum Gasteiger partial charge on any atom is -0.0297 e. The fourth-order valence-corrected chi connectivity index (χ4v) is 2.81. The van der Waals surface area contributed by atoms with Gasteiger partial charge in [-0.1, -0.05) is 41.5 Å². The maximum atomic E-state index is 2.47. The van der Waals surface area contributed by atoms with Gasteiger partial charge in [0.1, 0.15) is 0 Å². The van der Waals surface area contributed by atoms with Gasteiger partial charge in [0.15, 0.2) is 0 Å². The van der Waals surface area contributed by atoms with E-state index < -0.39 is 0 Å². The zero-order valence-electron chi connectivity index (χ0n) is 11.6. The largest absolute Gasteiger partial charge is 0.0628 e. The Balaban J connectivity index is 2.20. The summed E-state index contributed by atoms with van der Waals surface area (Å²) in [5.74, 6) is 3.67. The van der Waals surface area contributed by atoms with Gasteiger partial charge in [-0.2, -0.15) is 0 Å². The first kappa shape index (κ1) is 13.1. The van der Waals surface area contributed by atoms with E-state index in [9.17, 15) is 0 Å². The van der Waals surface area contributed by atoms with Crippen molar-refractivity contribution in [1.82, 2.24) is 0 Å². The van der Waals surface area contributed by atoms with Crippen molar-refractivity contribution in [3.8, 4) is 0 Å². The first-order valence-electron chi connectivity index (χ1n) is 6.85. The van der Waals surface area contributed by atoms with Gasteiger partial charge < -0.3 is 0 Å². The minimum absolute atomic E-state index is 0.714. The minimum atomic E-state index is 0.714. The third-order valence-electron chi connectivity index (χ3n) is 4.79. The Morgan fingerprint density at radius 3 is 2.07 bits per heavy atom. The predicted octanol–water partition coefficient (Wildman–Crippen LogP) is 5.13. The fourth-order valence-electron chi connectivity index (χ4n) is 2.81. The normalized spacial score (nSPS) is 34.2. The summed E-state index contributed by atoms with van der Waals surface area (Å²) in [6, 6.07) is 0. The Labute approximate surface area is 96.8 Å². The van der Waals surface area contributed by atoms with Crippen LogP contribution in [0.5, 0.6) is 0 Å². The van der Waals surface area contributed by atoms with Crippen molar-refractivity contribution in [2.45, 2.75) is 67.2 Å². The van der Waals surface area contributed by atoms with Crippen molar-refractivity contribution in [2.75, 3.05) is 0 Å². The van der Waals surface area contributed by atoms with Gasteiger partial charge in [-0.3, -0.25) is 0 Å². The van der Waals surface area contributed by atoms with Gasteiger partial charge in [0.05, 0.1) is 0 Å². The maximum absolute atomic E-state index is 2.47. The lowest BCUT2D eigenvalue weighted by Crippen LogP contribution is -2.12. The smallest absolute Gasteiger partial charge is 0.0297 e. The van der Waals surface area contributed by atoms with Gasteiger partial charge in [0, 0.05) is 0 Å². The molecule has 0 aromatic heterocycles. The van der Waals surface area contributed by atoms with Crippen molar-refractivity contribution in [2.24, 2.45) is 29.1 Å². The molecule has 0 heterocycles. The van der Waals surface area contributed by atoms with Crippen molar-refractivity contribution < 1.29 is 0 Å². The molecule has 1 aliphatic carbocycles. The lowest BCUT2D eigenvalue weighted by Gasteiger charge is -2.23. The summed E-state index contributed by atoms with van der Waals surface area (Å²) in [6.07, 6.45) is 5.76. The first-order valence-corrected chi connectivity index (χ1v) is 6.85. The molecule has 15 heavy (non-hydrogen) atoms. The third-order valence-corrected chi connectivity index (χ3v) is 4.79. The van der Waals surface area contributed by atoms with E-state index in [1.54, 1.807) is 0 Å². The Morgan fingerprint density at radius 2 is 1.67 bits per heavy atom. The van der Waals surface area contributed by atoms with Crippen LogP contribution in [0, 0.1) is 29.1 Å². The molecule has 0 aliphatic heterocycles. The van der Waals surface area contributed by atoms with Gasteiger partial charge in [-0.05, 0) is 54.8 Å². The van der Waals surface area contributed by atoms with Crippen LogP contribution in [0.2, 0.25) is 0 Å². The second-order valence-electron chi connectivity index (χ2n) is 6.88. The molecule has 4 atom stereocenters. The molecule has 1 saturated carbocycles. The molecule has 0 amide bonds. The molecular weight excluding hydrogens is 180 g/mol. The van der Waals surface area contributed by atoms with E-state index in [1.165, 1.54) is 25.7 Å². The van der Waals surface area contributed by atoms with E-state index in [0.717, 1.165) is 23.7 Å². The molecule has 0 N–H and O–H groups in total. The summed E-state index contributed by atoms with van der Waals surface area (Å²) in [7, 11) is 0. The van der Waals surface area contributed by atoms with Crippen molar-refractivity contribution in [3.63, 3.8) is 0 Å². The fraction of sp³-hybridized carbons (Fsp3) is 1.00. The average Bonchev–Trinajstić information content (AvgIpc) is 2.70. The molecule has 4 unspecified atom stereocenters. The van der Waals surface area contributed by atoms with Crippen LogP contribution < -0.4 is 0 Å². The van der Waals surface area contributed by atoms with Crippen LogP contribution in [0.4, 0.5) is 0 Å². The van der Waals surface area contributed by atoms with Crippen molar-refractivity contribution in [3.05, 3.63) is 0 Å². The van der Waals surface area contributed by atoms with E-state index in [4.69, 9.17) is 0 Å². The lowest BCUT2D eigenvalue weighted by molar-refractivity contribution is 0.281. The van der Waals surface area contributed by atoms with E-state index >= 15 is 0 Å². The topological polar surface area (TPSA) is 0 Å². The zero-order chi connectivity index (χ0) is 11.6.